The largest absolute Gasteiger partial charge is 0.503 e. The summed E-state index contributed by atoms with van der Waals surface area (Å²) in [4.78, 5) is 27.8. The molecule has 2 N–H and O–H groups in total. The number of hydrogen-bond acceptors (Lipinski definition) is 5. The first kappa shape index (κ1) is 17.4. The lowest BCUT2D eigenvalue weighted by atomic mass is 10.2. The lowest BCUT2D eigenvalue weighted by Gasteiger charge is -2.17. The molecule has 0 aliphatic rings. The van der Waals surface area contributed by atoms with Crippen LogP contribution in [0.3, 0.4) is 0 Å². The number of carbonyl (C=O) groups is 2. The van der Waals surface area contributed by atoms with E-state index in [1.54, 1.807) is 24.3 Å². The normalized spacial score (nSPS) is 10.9. The van der Waals surface area contributed by atoms with Crippen molar-refractivity contribution in [2.75, 3.05) is 28.2 Å². The molecular formula is C18H19N3O5. The Labute approximate surface area is 149 Å². The second kappa shape index (κ2) is 6.14. The van der Waals surface area contributed by atoms with E-state index in [-0.39, 0.29) is 11.4 Å². The van der Waals surface area contributed by atoms with Gasteiger partial charge in [0.15, 0.2) is 22.9 Å². The third kappa shape index (κ3) is 2.55. The summed E-state index contributed by atoms with van der Waals surface area (Å²) in [7, 11) is 6.07. The molecule has 26 heavy (non-hydrogen) atoms. The van der Waals surface area contributed by atoms with Crippen LogP contribution in [0.5, 0.6) is 11.5 Å². The molecule has 0 aliphatic heterocycles. The van der Waals surface area contributed by atoms with Crippen molar-refractivity contribution in [1.29, 1.82) is 0 Å². The first-order valence-electron chi connectivity index (χ1n) is 7.81. The Bertz CT molecular complexity index is 970. The molecule has 0 fully saturated rings. The summed E-state index contributed by atoms with van der Waals surface area (Å²) >= 11 is 0. The van der Waals surface area contributed by atoms with Gasteiger partial charge in [0.25, 0.3) is 11.8 Å². The van der Waals surface area contributed by atoms with Gasteiger partial charge in [-0.05, 0) is 24.3 Å². The van der Waals surface area contributed by atoms with Crippen molar-refractivity contribution in [3.05, 3.63) is 41.9 Å². The number of nitrogens with zero attached hydrogens (tertiary/aromatic N) is 3. The minimum atomic E-state index is -0.638. The van der Waals surface area contributed by atoms with Gasteiger partial charge in [0.2, 0.25) is 0 Å². The number of furan rings is 1. The number of hydrogen-bond donors (Lipinski definition) is 2. The molecule has 8 nitrogen and oxygen atoms in total. The van der Waals surface area contributed by atoms with Gasteiger partial charge in [0.1, 0.15) is 5.58 Å². The van der Waals surface area contributed by atoms with Gasteiger partial charge in [-0.15, -0.1) is 0 Å². The second-order valence-corrected chi connectivity index (χ2v) is 6.27. The predicted molar refractivity (Wildman–Crippen MR) is 94.9 cm³/mol. The Hall–Kier alpha value is -3.42. The molecule has 0 spiro atoms. The van der Waals surface area contributed by atoms with E-state index in [9.17, 15) is 19.8 Å². The summed E-state index contributed by atoms with van der Waals surface area (Å²) in [6.45, 7) is 0. The number of aromatic nitrogens is 1. The van der Waals surface area contributed by atoms with Crippen LogP contribution in [0.1, 0.15) is 21.0 Å². The van der Waals surface area contributed by atoms with Crippen LogP contribution in [0.2, 0.25) is 0 Å². The minimum absolute atomic E-state index is 0.194. The molecule has 3 rings (SSSR count). The van der Waals surface area contributed by atoms with Crippen LogP contribution in [0.25, 0.3) is 16.7 Å². The Morgan fingerprint density at radius 2 is 1.46 bits per heavy atom. The molecule has 0 saturated carbocycles. The van der Waals surface area contributed by atoms with Gasteiger partial charge >= 0.3 is 0 Å². The van der Waals surface area contributed by atoms with Gasteiger partial charge in [-0.25, -0.2) is 0 Å². The van der Waals surface area contributed by atoms with Crippen molar-refractivity contribution < 1.29 is 24.2 Å². The zero-order chi connectivity index (χ0) is 19.2. The molecule has 0 aliphatic carbocycles. The van der Waals surface area contributed by atoms with Gasteiger partial charge < -0.3 is 24.4 Å². The number of rotatable bonds is 3. The van der Waals surface area contributed by atoms with Crippen molar-refractivity contribution in [3.63, 3.8) is 0 Å². The summed E-state index contributed by atoms with van der Waals surface area (Å²) in [5, 5.41) is 21.5. The van der Waals surface area contributed by atoms with Crippen LogP contribution in [0, 0.1) is 0 Å². The molecule has 0 atom stereocenters. The molecule has 1 aromatic carbocycles. The van der Waals surface area contributed by atoms with Crippen LogP contribution in [-0.4, -0.2) is 64.6 Å². The van der Waals surface area contributed by atoms with Crippen molar-refractivity contribution >= 4 is 22.8 Å². The van der Waals surface area contributed by atoms with Crippen LogP contribution >= 0.6 is 0 Å². The number of fused-ring (bicyclic) bond motifs is 1. The van der Waals surface area contributed by atoms with Crippen molar-refractivity contribution in [2.45, 2.75) is 0 Å². The Morgan fingerprint density at radius 3 is 1.96 bits per heavy atom. The van der Waals surface area contributed by atoms with Gasteiger partial charge in [0, 0.05) is 39.3 Å². The fourth-order valence-electron chi connectivity index (χ4n) is 2.72. The maximum absolute atomic E-state index is 12.6. The third-order valence-corrected chi connectivity index (χ3v) is 4.03. The molecule has 3 aromatic rings. The maximum atomic E-state index is 12.6. The monoisotopic (exact) mass is 357 g/mol. The van der Waals surface area contributed by atoms with Gasteiger partial charge in [-0.2, -0.15) is 0 Å². The molecule has 2 amide bonds. The van der Waals surface area contributed by atoms with Crippen molar-refractivity contribution in [3.8, 4) is 17.2 Å². The fraction of sp³-hybridized carbons (Fsp3) is 0.222. The molecule has 0 radical (unpaired) electrons. The van der Waals surface area contributed by atoms with Crippen molar-refractivity contribution in [1.82, 2.24) is 14.4 Å². The summed E-state index contributed by atoms with van der Waals surface area (Å²) in [5.74, 6) is -2.38. The van der Waals surface area contributed by atoms with E-state index < -0.39 is 23.3 Å². The van der Waals surface area contributed by atoms with Gasteiger partial charge in [-0.1, -0.05) is 0 Å². The smallest absolute Gasteiger partial charge is 0.274 e. The zero-order valence-corrected chi connectivity index (χ0v) is 14.8. The van der Waals surface area contributed by atoms with E-state index >= 15 is 0 Å². The maximum Gasteiger partial charge on any atom is 0.274 e. The summed E-state index contributed by atoms with van der Waals surface area (Å²) in [6.07, 6.45) is 1.52. The zero-order valence-electron chi connectivity index (χ0n) is 14.8. The highest BCUT2D eigenvalue weighted by Gasteiger charge is 2.33. The molecule has 0 bridgehead atoms. The van der Waals surface area contributed by atoms with Gasteiger partial charge in [-0.3, -0.25) is 14.2 Å². The number of benzene rings is 1. The number of aromatic hydroxyl groups is 2. The quantitative estimate of drug-likeness (QED) is 0.747. The average Bonchev–Trinajstić information content (AvgIpc) is 3.16. The summed E-state index contributed by atoms with van der Waals surface area (Å²) in [5.41, 5.74) is 0.682. The first-order chi connectivity index (χ1) is 12.2. The standard InChI is InChI=1S/C18H19N3O5/c1-19(2)17(24)13-15(22)16(23)14(18(25)20(3)4)21(13)11-5-6-12-10(9-11)7-8-26-12/h5-9,22-23H,1-4H3. The van der Waals surface area contributed by atoms with E-state index in [1.165, 1.54) is 48.8 Å². The molecule has 0 saturated heterocycles. The fourth-order valence-corrected chi connectivity index (χ4v) is 2.72. The first-order valence-corrected chi connectivity index (χ1v) is 7.81. The molecule has 2 aromatic heterocycles. The van der Waals surface area contributed by atoms with E-state index in [4.69, 9.17) is 4.42 Å². The van der Waals surface area contributed by atoms with E-state index in [2.05, 4.69) is 0 Å². The van der Waals surface area contributed by atoms with E-state index in [0.29, 0.717) is 11.3 Å². The van der Waals surface area contributed by atoms with E-state index in [1.807, 2.05) is 0 Å². The Kier molecular flexibility index (Phi) is 4.11. The van der Waals surface area contributed by atoms with Gasteiger partial charge in [0.05, 0.1) is 6.26 Å². The summed E-state index contributed by atoms with van der Waals surface area (Å²) < 4.78 is 6.58. The number of amides is 2. The second-order valence-electron chi connectivity index (χ2n) is 6.27. The lowest BCUT2D eigenvalue weighted by Crippen LogP contribution is -2.28. The van der Waals surface area contributed by atoms with Crippen LogP contribution in [0.4, 0.5) is 0 Å². The van der Waals surface area contributed by atoms with E-state index in [0.717, 1.165) is 5.39 Å². The highest BCUT2D eigenvalue weighted by Crippen LogP contribution is 2.39. The molecule has 136 valence electrons. The minimum Gasteiger partial charge on any atom is -0.503 e. The third-order valence-electron chi connectivity index (χ3n) is 4.03. The highest BCUT2D eigenvalue weighted by atomic mass is 16.3. The Morgan fingerprint density at radius 1 is 0.923 bits per heavy atom. The topological polar surface area (TPSA) is 99.1 Å². The lowest BCUT2D eigenvalue weighted by molar-refractivity contribution is 0.0811. The average molecular weight is 357 g/mol. The van der Waals surface area contributed by atoms with Crippen LogP contribution in [0.15, 0.2) is 34.9 Å². The van der Waals surface area contributed by atoms with Crippen LogP contribution < -0.4 is 0 Å². The van der Waals surface area contributed by atoms with Crippen LogP contribution in [-0.2, 0) is 0 Å². The molecule has 0 unspecified atom stereocenters. The highest BCUT2D eigenvalue weighted by molar-refractivity contribution is 6.04. The number of carbonyl (C=O) groups excluding carboxylic acids is 2. The molecular weight excluding hydrogens is 338 g/mol. The van der Waals surface area contributed by atoms with Crippen molar-refractivity contribution in [2.24, 2.45) is 0 Å². The molecule has 2 heterocycles. The predicted octanol–water partition coefficient (Wildman–Crippen LogP) is 2.04. The summed E-state index contributed by atoms with van der Waals surface area (Å²) in [6, 6.07) is 6.77. The SMILES string of the molecule is CN(C)C(=O)c1c(O)c(O)c(C(=O)N(C)C)n1-c1ccc2occc2c1. The molecule has 8 heteroatoms. The Balaban J connectivity index is 2.37.